The summed E-state index contributed by atoms with van der Waals surface area (Å²) < 4.78 is 0.951. The van der Waals surface area contributed by atoms with Crippen molar-refractivity contribution in [1.82, 2.24) is 10.2 Å². The highest BCUT2D eigenvalue weighted by atomic mass is 79.9. The third-order valence-electron chi connectivity index (χ3n) is 4.85. The van der Waals surface area contributed by atoms with Gasteiger partial charge in [0.25, 0.3) is 5.91 Å². The number of carbonyl (C=O) groups is 2. The van der Waals surface area contributed by atoms with E-state index in [1.165, 1.54) is 0 Å². The Bertz CT molecular complexity index is 802. The van der Waals surface area contributed by atoms with Crippen molar-refractivity contribution in [3.8, 4) is 0 Å². The Morgan fingerprint density at radius 3 is 2.48 bits per heavy atom. The highest BCUT2D eigenvalue weighted by Crippen LogP contribution is 2.20. The molecule has 0 saturated carbocycles. The van der Waals surface area contributed by atoms with E-state index in [4.69, 9.17) is 11.6 Å². The standard InChI is InChI=1S/C21H22BrClN2O2/c22-18-6-4-17(5-7-18)21(27)25-12-9-16(10-13-25)20(26)24-11-8-15-2-1-3-19(23)14-15/h1-7,14,16H,8-13H2,(H,24,26). The highest BCUT2D eigenvalue weighted by Gasteiger charge is 2.27. The van der Waals surface area contributed by atoms with Crippen molar-refractivity contribution in [3.05, 3.63) is 69.2 Å². The first-order chi connectivity index (χ1) is 13.0. The number of nitrogens with one attached hydrogen (secondary N) is 1. The van der Waals surface area contributed by atoms with Gasteiger partial charge in [0.15, 0.2) is 0 Å². The first-order valence-electron chi connectivity index (χ1n) is 9.10. The highest BCUT2D eigenvalue weighted by molar-refractivity contribution is 9.10. The minimum atomic E-state index is -0.0293. The number of hydrogen-bond donors (Lipinski definition) is 1. The van der Waals surface area contributed by atoms with Crippen molar-refractivity contribution in [2.75, 3.05) is 19.6 Å². The van der Waals surface area contributed by atoms with Crippen LogP contribution >= 0.6 is 27.5 Å². The molecule has 0 bridgehead atoms. The van der Waals surface area contributed by atoms with E-state index in [0.29, 0.717) is 43.1 Å². The second kappa shape index (κ2) is 9.38. The molecule has 0 unspecified atom stereocenters. The van der Waals surface area contributed by atoms with Gasteiger partial charge in [0, 0.05) is 40.6 Å². The monoisotopic (exact) mass is 448 g/mol. The van der Waals surface area contributed by atoms with Crippen LogP contribution in [0.3, 0.4) is 0 Å². The van der Waals surface area contributed by atoms with Gasteiger partial charge in [-0.05, 0) is 61.2 Å². The lowest BCUT2D eigenvalue weighted by Gasteiger charge is -2.31. The average Bonchev–Trinajstić information content (AvgIpc) is 2.68. The van der Waals surface area contributed by atoms with E-state index in [-0.39, 0.29) is 17.7 Å². The molecule has 142 valence electrons. The van der Waals surface area contributed by atoms with Gasteiger partial charge in [-0.3, -0.25) is 9.59 Å². The quantitative estimate of drug-likeness (QED) is 0.739. The van der Waals surface area contributed by atoms with Gasteiger partial charge in [0.1, 0.15) is 0 Å². The summed E-state index contributed by atoms with van der Waals surface area (Å²) in [6, 6.07) is 15.1. The molecule has 0 aliphatic carbocycles. The van der Waals surface area contributed by atoms with Gasteiger partial charge in [0.05, 0.1) is 0 Å². The molecule has 3 rings (SSSR count). The number of halogens is 2. The Balaban J connectivity index is 1.43. The predicted molar refractivity (Wildman–Crippen MR) is 111 cm³/mol. The molecule has 1 aliphatic heterocycles. The largest absolute Gasteiger partial charge is 0.356 e. The Morgan fingerprint density at radius 2 is 1.81 bits per heavy atom. The van der Waals surface area contributed by atoms with Gasteiger partial charge in [-0.2, -0.15) is 0 Å². The van der Waals surface area contributed by atoms with Crippen LogP contribution in [0.1, 0.15) is 28.8 Å². The summed E-state index contributed by atoms with van der Waals surface area (Å²) in [6.07, 6.45) is 2.16. The fraction of sp³-hybridized carbons (Fsp3) is 0.333. The summed E-state index contributed by atoms with van der Waals surface area (Å²) in [4.78, 5) is 26.8. The van der Waals surface area contributed by atoms with Crippen LogP contribution in [0.4, 0.5) is 0 Å². The molecule has 0 aromatic heterocycles. The van der Waals surface area contributed by atoms with Gasteiger partial charge in [0.2, 0.25) is 5.91 Å². The van der Waals surface area contributed by atoms with E-state index in [9.17, 15) is 9.59 Å². The molecule has 2 aromatic carbocycles. The average molecular weight is 450 g/mol. The van der Waals surface area contributed by atoms with Crippen LogP contribution in [0.5, 0.6) is 0 Å². The third kappa shape index (κ3) is 5.56. The Morgan fingerprint density at radius 1 is 1.11 bits per heavy atom. The molecular formula is C21H22BrClN2O2. The molecule has 0 radical (unpaired) electrons. The SMILES string of the molecule is O=C(NCCc1cccc(Cl)c1)C1CCN(C(=O)c2ccc(Br)cc2)CC1. The molecule has 1 aliphatic rings. The predicted octanol–water partition coefficient (Wildman–Crippen LogP) is 4.31. The van der Waals surface area contributed by atoms with Crippen molar-refractivity contribution >= 4 is 39.3 Å². The second-order valence-electron chi connectivity index (χ2n) is 6.74. The summed E-state index contributed by atoms with van der Waals surface area (Å²) >= 11 is 9.35. The molecule has 1 fully saturated rings. The lowest BCUT2D eigenvalue weighted by Crippen LogP contribution is -2.43. The fourth-order valence-electron chi connectivity index (χ4n) is 3.29. The fourth-order valence-corrected chi connectivity index (χ4v) is 3.76. The van der Waals surface area contributed by atoms with Gasteiger partial charge >= 0.3 is 0 Å². The molecule has 2 amide bonds. The number of amides is 2. The molecule has 0 spiro atoms. The Hall–Kier alpha value is -1.85. The number of benzene rings is 2. The smallest absolute Gasteiger partial charge is 0.253 e. The van der Waals surface area contributed by atoms with Crippen LogP contribution < -0.4 is 5.32 Å². The molecule has 1 N–H and O–H groups in total. The first-order valence-corrected chi connectivity index (χ1v) is 10.3. The Labute approximate surface area is 173 Å². The first kappa shape index (κ1) is 19.9. The minimum Gasteiger partial charge on any atom is -0.356 e. The van der Waals surface area contributed by atoms with Crippen molar-refractivity contribution in [2.45, 2.75) is 19.3 Å². The van der Waals surface area contributed by atoms with Crippen molar-refractivity contribution < 1.29 is 9.59 Å². The number of carbonyl (C=O) groups excluding carboxylic acids is 2. The van der Waals surface area contributed by atoms with E-state index in [2.05, 4.69) is 21.2 Å². The van der Waals surface area contributed by atoms with Gasteiger partial charge in [-0.1, -0.05) is 39.7 Å². The van der Waals surface area contributed by atoms with Crippen molar-refractivity contribution in [1.29, 1.82) is 0 Å². The molecule has 2 aromatic rings. The van der Waals surface area contributed by atoms with Crippen LogP contribution in [0.25, 0.3) is 0 Å². The maximum absolute atomic E-state index is 12.5. The molecule has 6 heteroatoms. The van der Waals surface area contributed by atoms with E-state index in [0.717, 1.165) is 16.5 Å². The topological polar surface area (TPSA) is 49.4 Å². The van der Waals surface area contributed by atoms with E-state index >= 15 is 0 Å². The summed E-state index contributed by atoms with van der Waals surface area (Å²) in [5.74, 6) is 0.0772. The zero-order chi connectivity index (χ0) is 19.2. The minimum absolute atomic E-state index is 0.0293. The normalized spacial score (nSPS) is 14.8. The van der Waals surface area contributed by atoms with Crippen LogP contribution in [-0.4, -0.2) is 36.3 Å². The number of hydrogen-bond acceptors (Lipinski definition) is 2. The zero-order valence-corrected chi connectivity index (χ0v) is 17.3. The maximum Gasteiger partial charge on any atom is 0.253 e. The number of likely N-dealkylation sites (tertiary alicyclic amines) is 1. The molecule has 4 nitrogen and oxygen atoms in total. The summed E-state index contributed by atoms with van der Waals surface area (Å²) in [6.45, 7) is 1.82. The van der Waals surface area contributed by atoms with Crippen LogP contribution in [0, 0.1) is 5.92 Å². The third-order valence-corrected chi connectivity index (χ3v) is 5.61. The number of nitrogens with zero attached hydrogens (tertiary/aromatic N) is 1. The van der Waals surface area contributed by atoms with Crippen molar-refractivity contribution in [3.63, 3.8) is 0 Å². The number of piperidine rings is 1. The maximum atomic E-state index is 12.5. The number of rotatable bonds is 5. The van der Waals surface area contributed by atoms with Crippen LogP contribution in [0.2, 0.25) is 5.02 Å². The van der Waals surface area contributed by atoms with E-state index < -0.39 is 0 Å². The van der Waals surface area contributed by atoms with Crippen molar-refractivity contribution in [2.24, 2.45) is 5.92 Å². The molecule has 1 heterocycles. The van der Waals surface area contributed by atoms with Gasteiger partial charge in [-0.25, -0.2) is 0 Å². The van der Waals surface area contributed by atoms with E-state index in [1.807, 2.05) is 53.4 Å². The van der Waals surface area contributed by atoms with Crippen LogP contribution in [0.15, 0.2) is 53.0 Å². The zero-order valence-electron chi connectivity index (χ0n) is 15.0. The Kier molecular flexibility index (Phi) is 6.91. The molecule has 0 atom stereocenters. The van der Waals surface area contributed by atoms with E-state index in [1.54, 1.807) is 0 Å². The summed E-state index contributed by atoms with van der Waals surface area (Å²) in [5, 5.41) is 3.72. The second-order valence-corrected chi connectivity index (χ2v) is 8.10. The van der Waals surface area contributed by atoms with Gasteiger partial charge < -0.3 is 10.2 Å². The molecule has 27 heavy (non-hydrogen) atoms. The lowest BCUT2D eigenvalue weighted by molar-refractivity contribution is -0.126. The summed E-state index contributed by atoms with van der Waals surface area (Å²) in [7, 11) is 0. The lowest BCUT2D eigenvalue weighted by atomic mass is 9.95. The van der Waals surface area contributed by atoms with Crippen LogP contribution in [-0.2, 0) is 11.2 Å². The molecule has 1 saturated heterocycles. The summed E-state index contributed by atoms with van der Waals surface area (Å²) in [5.41, 5.74) is 1.79. The van der Waals surface area contributed by atoms with Gasteiger partial charge in [-0.15, -0.1) is 0 Å². The molecular weight excluding hydrogens is 428 g/mol.